The van der Waals surface area contributed by atoms with Crippen LogP contribution < -0.4 is 11.1 Å². The zero-order chi connectivity index (χ0) is 34.5. The van der Waals surface area contributed by atoms with E-state index < -0.39 is 6.17 Å². The van der Waals surface area contributed by atoms with Crippen molar-refractivity contribution in [3.8, 4) is 22.3 Å². The molecule has 1 unspecified atom stereocenters. The lowest BCUT2D eigenvalue weighted by Crippen LogP contribution is -2.35. The molecule has 51 heavy (non-hydrogen) atoms. The second-order valence-corrected chi connectivity index (χ2v) is 14.2. The average Bonchev–Trinajstić information content (AvgIpc) is 3.41. The summed E-state index contributed by atoms with van der Waals surface area (Å²) in [6.07, 6.45) is -0.445. The van der Waals surface area contributed by atoms with E-state index in [1.54, 1.807) is 0 Å². The molecule has 0 fully saturated rings. The normalized spacial score (nSPS) is 14.1. The largest absolute Gasteiger partial charge is 0.351 e. The molecule has 0 saturated heterocycles. The SMILES string of the molecule is CC1(C)c2ccccc2-c2ccc(-c3cccc(CN=C(NC(N)c4ccccc4)c4c5ccccc5cc5ccc6ccccc6c45)c3)cc21. The molecule has 246 valence electrons. The summed E-state index contributed by atoms with van der Waals surface area (Å²) in [5, 5.41) is 10.7. The Morgan fingerprint density at radius 3 is 2.14 bits per heavy atom. The molecule has 1 aliphatic carbocycles. The first-order chi connectivity index (χ1) is 25.0. The Morgan fingerprint density at radius 1 is 0.588 bits per heavy atom. The number of fused-ring (bicyclic) bond motifs is 7. The van der Waals surface area contributed by atoms with Crippen LogP contribution >= 0.6 is 0 Å². The molecule has 1 atom stereocenters. The van der Waals surface area contributed by atoms with Gasteiger partial charge >= 0.3 is 0 Å². The zero-order valence-corrected chi connectivity index (χ0v) is 28.9. The number of amidine groups is 1. The number of nitrogens with one attached hydrogen (secondary N) is 1. The molecular formula is C48H39N3. The van der Waals surface area contributed by atoms with E-state index in [1.807, 2.05) is 18.2 Å². The van der Waals surface area contributed by atoms with Crippen molar-refractivity contribution in [2.45, 2.75) is 32.0 Å². The summed E-state index contributed by atoms with van der Waals surface area (Å²) in [6.45, 7) is 5.16. The van der Waals surface area contributed by atoms with Gasteiger partial charge < -0.3 is 11.1 Å². The third kappa shape index (κ3) is 5.38. The first kappa shape index (κ1) is 31.0. The Labute approximate surface area is 299 Å². The van der Waals surface area contributed by atoms with Crippen LogP contribution in [0.3, 0.4) is 0 Å². The van der Waals surface area contributed by atoms with E-state index in [0.29, 0.717) is 6.54 Å². The van der Waals surface area contributed by atoms with Gasteiger partial charge in [-0.2, -0.15) is 0 Å². The van der Waals surface area contributed by atoms with E-state index in [1.165, 1.54) is 60.3 Å². The highest BCUT2D eigenvalue weighted by atomic mass is 15.1. The molecule has 0 aliphatic heterocycles. The molecule has 3 heteroatoms. The summed E-state index contributed by atoms with van der Waals surface area (Å²) in [6, 6.07) is 58.7. The van der Waals surface area contributed by atoms with Gasteiger partial charge in [-0.05, 0) is 89.6 Å². The van der Waals surface area contributed by atoms with Crippen LogP contribution in [0.4, 0.5) is 0 Å². The van der Waals surface area contributed by atoms with Crippen molar-refractivity contribution in [3.05, 3.63) is 192 Å². The molecule has 1 aliphatic rings. The minimum absolute atomic E-state index is 0.0483. The first-order valence-corrected chi connectivity index (χ1v) is 17.7. The number of rotatable bonds is 6. The zero-order valence-electron chi connectivity index (χ0n) is 28.9. The Kier molecular flexibility index (Phi) is 7.52. The molecule has 8 aromatic rings. The molecule has 0 amide bonds. The molecule has 0 bridgehead atoms. The quantitative estimate of drug-likeness (QED) is 0.0615. The van der Waals surface area contributed by atoms with Crippen LogP contribution in [-0.4, -0.2) is 5.84 Å². The number of aliphatic imine (C=N–C) groups is 1. The minimum atomic E-state index is -0.445. The lowest BCUT2D eigenvalue weighted by molar-refractivity contribution is 0.660. The smallest absolute Gasteiger partial charge is 0.131 e. The Balaban J connectivity index is 1.17. The maximum absolute atomic E-state index is 6.91. The van der Waals surface area contributed by atoms with Crippen molar-refractivity contribution in [3.63, 3.8) is 0 Å². The lowest BCUT2D eigenvalue weighted by Gasteiger charge is -2.22. The summed E-state index contributed by atoms with van der Waals surface area (Å²) < 4.78 is 0. The Hall–Kier alpha value is -6.03. The van der Waals surface area contributed by atoms with Gasteiger partial charge in [-0.15, -0.1) is 0 Å². The molecule has 3 N–H and O–H groups in total. The lowest BCUT2D eigenvalue weighted by atomic mass is 9.81. The van der Waals surface area contributed by atoms with Gasteiger partial charge in [0.2, 0.25) is 0 Å². The number of benzene rings is 8. The predicted molar refractivity (Wildman–Crippen MR) is 215 cm³/mol. The van der Waals surface area contributed by atoms with Gasteiger partial charge in [0.05, 0.1) is 6.54 Å². The number of nitrogens with two attached hydrogens (primary N) is 1. The fraction of sp³-hybridized carbons (Fsp3) is 0.104. The highest BCUT2D eigenvalue weighted by Crippen LogP contribution is 2.49. The van der Waals surface area contributed by atoms with E-state index >= 15 is 0 Å². The standard InChI is InChI=1S/C48H39N3/c1-48(2)42-22-11-10-21-40(42)41-26-25-35(29-43(41)48)34-18-12-13-31(27-34)30-50-47(51-46(49)33-15-4-3-5-16-33)45-39-20-9-7-17-36(39)28-37-24-23-32-14-6-8-19-38(32)44(37)45/h3-29,46H,30,49H2,1-2H3,(H,50,51). The fourth-order valence-corrected chi connectivity index (χ4v) is 8.08. The maximum atomic E-state index is 6.91. The van der Waals surface area contributed by atoms with Crippen LogP contribution in [0.5, 0.6) is 0 Å². The van der Waals surface area contributed by atoms with Gasteiger partial charge in [-0.1, -0.05) is 159 Å². The molecule has 9 rings (SSSR count). The van der Waals surface area contributed by atoms with Crippen LogP contribution in [-0.2, 0) is 12.0 Å². The van der Waals surface area contributed by atoms with Crippen LogP contribution in [0, 0.1) is 0 Å². The van der Waals surface area contributed by atoms with E-state index in [9.17, 15) is 0 Å². The third-order valence-corrected chi connectivity index (χ3v) is 10.7. The van der Waals surface area contributed by atoms with Crippen molar-refractivity contribution in [2.24, 2.45) is 10.7 Å². The molecular weight excluding hydrogens is 619 g/mol. The van der Waals surface area contributed by atoms with Gasteiger partial charge in [-0.3, -0.25) is 4.99 Å². The second-order valence-electron chi connectivity index (χ2n) is 14.2. The first-order valence-electron chi connectivity index (χ1n) is 17.7. The van der Waals surface area contributed by atoms with Crippen LogP contribution in [0.15, 0.2) is 169 Å². The van der Waals surface area contributed by atoms with E-state index in [4.69, 9.17) is 10.7 Å². The molecule has 0 radical (unpaired) electrons. The number of nitrogens with zero attached hydrogens (tertiary/aromatic N) is 1. The Morgan fingerprint density at radius 2 is 1.27 bits per heavy atom. The summed E-state index contributed by atoms with van der Waals surface area (Å²) in [5.74, 6) is 0.784. The van der Waals surface area contributed by atoms with Crippen LogP contribution in [0.2, 0.25) is 0 Å². The van der Waals surface area contributed by atoms with E-state index in [0.717, 1.165) is 27.9 Å². The second kappa shape index (κ2) is 12.4. The highest BCUT2D eigenvalue weighted by molar-refractivity contribution is 6.26. The number of hydrogen-bond acceptors (Lipinski definition) is 2. The summed E-state index contributed by atoms with van der Waals surface area (Å²) in [5.41, 5.74) is 17.9. The van der Waals surface area contributed by atoms with Gasteiger partial charge in [0.15, 0.2) is 0 Å². The van der Waals surface area contributed by atoms with Crippen LogP contribution in [0.1, 0.15) is 47.8 Å². The van der Waals surface area contributed by atoms with Gasteiger partial charge in [0, 0.05) is 16.4 Å². The number of hydrogen-bond donors (Lipinski definition) is 2. The monoisotopic (exact) mass is 657 g/mol. The van der Waals surface area contributed by atoms with Gasteiger partial charge in [-0.25, -0.2) is 0 Å². The Bertz CT molecular complexity index is 2630. The van der Waals surface area contributed by atoms with E-state index in [-0.39, 0.29) is 5.41 Å². The van der Waals surface area contributed by atoms with Crippen molar-refractivity contribution in [1.82, 2.24) is 5.32 Å². The molecule has 0 spiro atoms. The minimum Gasteiger partial charge on any atom is -0.351 e. The topological polar surface area (TPSA) is 50.4 Å². The fourth-order valence-electron chi connectivity index (χ4n) is 8.08. The predicted octanol–water partition coefficient (Wildman–Crippen LogP) is 11.3. The molecule has 0 heterocycles. The molecule has 0 aromatic heterocycles. The summed E-state index contributed by atoms with van der Waals surface area (Å²) in [7, 11) is 0. The van der Waals surface area contributed by atoms with E-state index in [2.05, 4.69) is 165 Å². The molecule has 0 saturated carbocycles. The summed E-state index contributed by atoms with van der Waals surface area (Å²) in [4.78, 5) is 5.41. The van der Waals surface area contributed by atoms with Crippen molar-refractivity contribution in [2.75, 3.05) is 0 Å². The highest BCUT2D eigenvalue weighted by Gasteiger charge is 2.35. The van der Waals surface area contributed by atoms with Crippen molar-refractivity contribution in [1.29, 1.82) is 0 Å². The van der Waals surface area contributed by atoms with Crippen molar-refractivity contribution >= 4 is 38.2 Å². The van der Waals surface area contributed by atoms with Crippen LogP contribution in [0.25, 0.3) is 54.6 Å². The summed E-state index contributed by atoms with van der Waals surface area (Å²) >= 11 is 0. The average molecular weight is 658 g/mol. The van der Waals surface area contributed by atoms with Gasteiger partial charge in [0.25, 0.3) is 0 Å². The van der Waals surface area contributed by atoms with Gasteiger partial charge in [0.1, 0.15) is 12.0 Å². The molecule has 8 aromatic carbocycles. The van der Waals surface area contributed by atoms with Crippen molar-refractivity contribution < 1.29 is 0 Å². The third-order valence-electron chi connectivity index (χ3n) is 10.7. The maximum Gasteiger partial charge on any atom is 0.131 e. The molecule has 3 nitrogen and oxygen atoms in total.